The second-order valence-corrected chi connectivity index (χ2v) is 2.85. The van der Waals surface area contributed by atoms with E-state index in [2.05, 4.69) is 5.32 Å². The van der Waals surface area contributed by atoms with Crippen molar-refractivity contribution >= 4 is 11.5 Å². The Balaban J connectivity index is 3.16. The van der Waals surface area contributed by atoms with Gasteiger partial charge in [0.15, 0.2) is 0 Å². The maximum absolute atomic E-state index is 11.9. The summed E-state index contributed by atoms with van der Waals surface area (Å²) in [5.74, 6) is -0.107. The largest absolute Gasteiger partial charge is 0.391 e. The van der Waals surface area contributed by atoms with Crippen LogP contribution in [0.25, 0.3) is 0 Å². The first-order valence-corrected chi connectivity index (χ1v) is 4.04. The molecule has 0 bridgehead atoms. The number of alkyl halides is 2. The van der Waals surface area contributed by atoms with E-state index in [4.69, 9.17) is 5.73 Å². The highest BCUT2D eigenvalue weighted by molar-refractivity contribution is 5.59. The van der Waals surface area contributed by atoms with Crippen LogP contribution in [0.15, 0.2) is 9.59 Å². The zero-order valence-corrected chi connectivity index (χ0v) is 7.88. The molecule has 1 rings (SSSR count). The fraction of sp³-hybridized carbons (Fsp3) is 0.429. The molecular weight excluding hydrogens is 210 g/mol. The average Bonchev–Trinajstić information content (AvgIpc) is 2.14. The second-order valence-electron chi connectivity index (χ2n) is 2.85. The number of halogens is 2. The van der Waals surface area contributed by atoms with Gasteiger partial charge in [-0.3, -0.25) is 14.3 Å². The van der Waals surface area contributed by atoms with Crippen molar-refractivity contribution in [1.29, 1.82) is 0 Å². The normalized spacial score (nSPS) is 10.7. The van der Waals surface area contributed by atoms with Crippen LogP contribution in [0.4, 0.5) is 20.3 Å². The van der Waals surface area contributed by atoms with Crippen molar-refractivity contribution in [2.75, 3.05) is 17.6 Å². The lowest BCUT2D eigenvalue weighted by atomic mass is 10.4. The van der Waals surface area contributed by atoms with Crippen molar-refractivity contribution in [2.24, 2.45) is 7.05 Å². The van der Waals surface area contributed by atoms with Gasteiger partial charge in [-0.2, -0.15) is 0 Å². The van der Waals surface area contributed by atoms with Gasteiger partial charge in [-0.15, -0.1) is 0 Å². The first-order valence-electron chi connectivity index (χ1n) is 4.04. The Kier molecular flexibility index (Phi) is 3.08. The third-order valence-electron chi connectivity index (χ3n) is 1.78. The third kappa shape index (κ3) is 2.33. The molecule has 6 nitrogen and oxygen atoms in total. The van der Waals surface area contributed by atoms with Crippen molar-refractivity contribution in [2.45, 2.75) is 6.43 Å². The Bertz CT molecular complexity index is 431. The zero-order chi connectivity index (χ0) is 11.6. The molecule has 0 aliphatic heterocycles. The highest BCUT2D eigenvalue weighted by Gasteiger charge is 2.11. The number of hydrogen-bond acceptors (Lipinski definition) is 4. The number of H-pyrrole nitrogens is 1. The number of hydrogen-bond donors (Lipinski definition) is 3. The summed E-state index contributed by atoms with van der Waals surface area (Å²) >= 11 is 0. The third-order valence-corrected chi connectivity index (χ3v) is 1.78. The Morgan fingerprint density at radius 3 is 2.67 bits per heavy atom. The lowest BCUT2D eigenvalue weighted by Gasteiger charge is -2.11. The minimum atomic E-state index is -2.60. The van der Waals surface area contributed by atoms with Gasteiger partial charge < -0.3 is 11.1 Å². The number of nitrogens with one attached hydrogen (secondary N) is 2. The molecular formula is C7H10F2N4O2. The van der Waals surface area contributed by atoms with Crippen molar-refractivity contribution in [3.05, 3.63) is 20.8 Å². The molecule has 0 fully saturated rings. The van der Waals surface area contributed by atoms with Crippen molar-refractivity contribution in [3.8, 4) is 0 Å². The molecule has 0 unspecified atom stereocenters. The van der Waals surface area contributed by atoms with E-state index >= 15 is 0 Å². The molecule has 1 aromatic heterocycles. The predicted octanol–water partition coefficient (Wildman–Crippen LogP) is -0.667. The van der Waals surface area contributed by atoms with Gasteiger partial charge in [-0.1, -0.05) is 0 Å². The van der Waals surface area contributed by atoms with Gasteiger partial charge in [0.05, 0.1) is 6.54 Å². The van der Waals surface area contributed by atoms with E-state index in [0.717, 1.165) is 4.57 Å². The fourth-order valence-electron chi connectivity index (χ4n) is 1.03. The minimum Gasteiger partial charge on any atom is -0.391 e. The Hall–Kier alpha value is -1.86. The molecule has 4 N–H and O–H groups in total. The van der Waals surface area contributed by atoms with Crippen LogP contribution < -0.4 is 22.3 Å². The second kappa shape index (κ2) is 4.11. The molecule has 1 aromatic rings. The molecule has 0 aromatic carbocycles. The quantitative estimate of drug-likeness (QED) is 0.630. The summed E-state index contributed by atoms with van der Waals surface area (Å²) in [7, 11) is 1.31. The van der Waals surface area contributed by atoms with E-state index in [-0.39, 0.29) is 11.5 Å². The summed E-state index contributed by atoms with van der Waals surface area (Å²) in [6.07, 6.45) is -2.60. The van der Waals surface area contributed by atoms with Gasteiger partial charge in [0.25, 0.3) is 12.0 Å². The number of aromatic amines is 1. The Labute approximate surface area is 82.7 Å². The highest BCUT2D eigenvalue weighted by Crippen LogP contribution is 2.09. The van der Waals surface area contributed by atoms with Crippen LogP contribution in [0.5, 0.6) is 0 Å². The van der Waals surface area contributed by atoms with Crippen molar-refractivity contribution in [1.82, 2.24) is 9.55 Å². The molecule has 0 aliphatic carbocycles. The smallest absolute Gasteiger partial charge is 0.329 e. The van der Waals surface area contributed by atoms with Gasteiger partial charge in [0.2, 0.25) is 0 Å². The van der Waals surface area contributed by atoms with E-state index in [1.54, 1.807) is 0 Å². The topological polar surface area (TPSA) is 92.9 Å². The van der Waals surface area contributed by atoms with Gasteiger partial charge in [-0.25, -0.2) is 13.6 Å². The lowest BCUT2D eigenvalue weighted by molar-refractivity contribution is 0.163. The summed E-state index contributed by atoms with van der Waals surface area (Å²) in [4.78, 5) is 24.1. The van der Waals surface area contributed by atoms with Crippen molar-refractivity contribution < 1.29 is 8.78 Å². The SMILES string of the molecule is Cn1c(NCC(F)F)c(N)c(=O)[nH]c1=O. The minimum absolute atomic E-state index is 0.107. The number of nitrogen functional groups attached to an aromatic ring is 1. The number of anilines is 2. The van der Waals surface area contributed by atoms with E-state index in [0.29, 0.717) is 0 Å². The molecule has 0 saturated carbocycles. The molecule has 8 heteroatoms. The fourth-order valence-corrected chi connectivity index (χ4v) is 1.03. The van der Waals surface area contributed by atoms with Crippen LogP contribution in [-0.2, 0) is 7.05 Å². The van der Waals surface area contributed by atoms with E-state index in [9.17, 15) is 18.4 Å². The Morgan fingerprint density at radius 2 is 2.13 bits per heavy atom. The first kappa shape index (κ1) is 11.2. The van der Waals surface area contributed by atoms with Crippen molar-refractivity contribution in [3.63, 3.8) is 0 Å². The van der Waals surface area contributed by atoms with Gasteiger partial charge >= 0.3 is 5.69 Å². The van der Waals surface area contributed by atoms with Gasteiger partial charge in [-0.05, 0) is 0 Å². The monoisotopic (exact) mass is 220 g/mol. The van der Waals surface area contributed by atoms with E-state index < -0.39 is 24.2 Å². The summed E-state index contributed by atoms with van der Waals surface area (Å²) < 4.78 is 24.8. The molecule has 84 valence electrons. The molecule has 0 spiro atoms. The van der Waals surface area contributed by atoms with Gasteiger partial charge in [0, 0.05) is 7.05 Å². The molecule has 15 heavy (non-hydrogen) atoms. The molecule has 0 saturated heterocycles. The summed E-state index contributed by atoms with van der Waals surface area (Å²) in [5, 5.41) is 2.23. The van der Waals surface area contributed by atoms with Crippen LogP contribution in [0.2, 0.25) is 0 Å². The van der Waals surface area contributed by atoms with Gasteiger partial charge in [0.1, 0.15) is 11.5 Å². The molecule has 0 radical (unpaired) electrons. The van der Waals surface area contributed by atoms with Crippen LogP contribution >= 0.6 is 0 Å². The standard InChI is InChI=1S/C7H10F2N4O2/c1-13-5(11-2-3(8)9)4(10)6(14)12-7(13)15/h3,11H,2,10H2,1H3,(H,12,14,15). The number of aromatic nitrogens is 2. The summed E-state index contributed by atoms with van der Waals surface area (Å²) in [5.41, 5.74) is 3.52. The molecule has 0 aliphatic rings. The Morgan fingerprint density at radius 1 is 1.53 bits per heavy atom. The van der Waals surface area contributed by atoms with Crippen LogP contribution in [0, 0.1) is 0 Å². The lowest BCUT2D eigenvalue weighted by Crippen LogP contribution is -2.33. The maximum atomic E-state index is 11.9. The van der Waals surface area contributed by atoms with E-state index in [1.807, 2.05) is 4.98 Å². The molecule has 0 amide bonds. The number of rotatable bonds is 3. The highest BCUT2D eigenvalue weighted by atomic mass is 19.3. The molecule has 0 atom stereocenters. The zero-order valence-electron chi connectivity index (χ0n) is 7.88. The molecule has 1 heterocycles. The van der Waals surface area contributed by atoms with Crippen LogP contribution in [-0.4, -0.2) is 22.5 Å². The predicted molar refractivity (Wildman–Crippen MR) is 51.2 cm³/mol. The first-order chi connectivity index (χ1) is 6.93. The number of nitrogens with zero attached hydrogens (tertiary/aromatic N) is 1. The van der Waals surface area contributed by atoms with Crippen LogP contribution in [0.1, 0.15) is 0 Å². The average molecular weight is 220 g/mol. The number of nitrogens with two attached hydrogens (primary N) is 1. The maximum Gasteiger partial charge on any atom is 0.329 e. The summed E-state index contributed by atoms with van der Waals surface area (Å²) in [6, 6.07) is 0. The summed E-state index contributed by atoms with van der Waals surface area (Å²) in [6.45, 7) is -0.680. The van der Waals surface area contributed by atoms with Crippen LogP contribution in [0.3, 0.4) is 0 Å². The van der Waals surface area contributed by atoms with E-state index in [1.165, 1.54) is 7.05 Å².